The van der Waals surface area contributed by atoms with Crippen LogP contribution in [0.1, 0.15) is 24.8 Å². The van der Waals surface area contributed by atoms with E-state index in [4.69, 9.17) is 4.42 Å². The highest BCUT2D eigenvalue weighted by atomic mass is 16.3. The molecule has 60 valence electrons. The summed E-state index contributed by atoms with van der Waals surface area (Å²) in [6.07, 6.45) is 5.78. The maximum absolute atomic E-state index is 5.24. The molecule has 2 rings (SSSR count). The molecule has 1 aliphatic rings. The Morgan fingerprint density at radius 3 is 3.18 bits per heavy atom. The number of hydrogen-bond donors (Lipinski definition) is 0. The molecule has 1 aromatic rings. The predicted molar refractivity (Wildman–Crippen MR) is 41.1 cm³/mol. The minimum absolute atomic E-state index is 0.421. The van der Waals surface area contributed by atoms with Gasteiger partial charge in [-0.25, -0.2) is 4.98 Å². The summed E-state index contributed by atoms with van der Waals surface area (Å²) in [5.74, 6) is 0.866. The third kappa shape index (κ3) is 1.16. The van der Waals surface area contributed by atoms with E-state index in [0.717, 1.165) is 12.4 Å². The zero-order valence-electron chi connectivity index (χ0n) is 6.66. The summed E-state index contributed by atoms with van der Waals surface area (Å²) < 4.78 is 5.24. The summed E-state index contributed by atoms with van der Waals surface area (Å²) in [6, 6.07) is 0.421. The van der Waals surface area contributed by atoms with Crippen molar-refractivity contribution in [1.29, 1.82) is 0 Å². The van der Waals surface area contributed by atoms with Crippen LogP contribution in [-0.4, -0.2) is 23.5 Å². The van der Waals surface area contributed by atoms with Crippen LogP contribution >= 0.6 is 0 Å². The van der Waals surface area contributed by atoms with Crippen LogP contribution in [0.25, 0.3) is 0 Å². The van der Waals surface area contributed by atoms with Gasteiger partial charge in [-0.1, -0.05) is 0 Å². The number of oxazole rings is 1. The van der Waals surface area contributed by atoms with Crippen molar-refractivity contribution in [3.63, 3.8) is 0 Å². The van der Waals surface area contributed by atoms with Crippen molar-refractivity contribution in [2.24, 2.45) is 0 Å². The summed E-state index contributed by atoms with van der Waals surface area (Å²) in [5, 5.41) is 0. The third-order valence-corrected chi connectivity index (χ3v) is 2.26. The van der Waals surface area contributed by atoms with Gasteiger partial charge in [0.25, 0.3) is 0 Å². The Bertz CT molecular complexity index is 220. The first-order valence-corrected chi connectivity index (χ1v) is 3.97. The van der Waals surface area contributed by atoms with Gasteiger partial charge in [0.1, 0.15) is 6.26 Å². The first kappa shape index (κ1) is 6.85. The third-order valence-electron chi connectivity index (χ3n) is 2.26. The van der Waals surface area contributed by atoms with Gasteiger partial charge in [-0.05, 0) is 26.4 Å². The average Bonchev–Trinajstić information content (AvgIpc) is 2.55. The molecule has 1 atom stereocenters. The molecule has 0 aliphatic carbocycles. The minimum Gasteiger partial charge on any atom is -0.447 e. The van der Waals surface area contributed by atoms with E-state index in [9.17, 15) is 0 Å². The van der Waals surface area contributed by atoms with E-state index >= 15 is 0 Å². The molecule has 1 aliphatic heterocycles. The molecule has 0 bridgehead atoms. The molecular formula is C8H12N2O. The Balaban J connectivity index is 2.16. The fraction of sp³-hybridized carbons (Fsp3) is 0.625. The van der Waals surface area contributed by atoms with E-state index in [1.54, 1.807) is 12.5 Å². The van der Waals surface area contributed by atoms with Crippen molar-refractivity contribution in [3.8, 4) is 0 Å². The monoisotopic (exact) mass is 152 g/mol. The number of likely N-dealkylation sites (tertiary alicyclic amines) is 1. The summed E-state index contributed by atoms with van der Waals surface area (Å²) in [5.41, 5.74) is 0. The highest BCUT2D eigenvalue weighted by Crippen LogP contribution is 2.28. The Morgan fingerprint density at radius 1 is 1.73 bits per heavy atom. The van der Waals surface area contributed by atoms with Crippen molar-refractivity contribution in [3.05, 3.63) is 18.4 Å². The molecule has 3 nitrogen and oxygen atoms in total. The molecule has 2 heterocycles. The van der Waals surface area contributed by atoms with Crippen molar-refractivity contribution >= 4 is 0 Å². The lowest BCUT2D eigenvalue weighted by Gasteiger charge is -2.14. The highest BCUT2D eigenvalue weighted by Gasteiger charge is 2.25. The highest BCUT2D eigenvalue weighted by molar-refractivity contribution is 4.93. The van der Waals surface area contributed by atoms with Crippen LogP contribution in [0.5, 0.6) is 0 Å². The first-order valence-electron chi connectivity index (χ1n) is 3.97. The molecule has 11 heavy (non-hydrogen) atoms. The number of aromatic nitrogens is 1. The quantitative estimate of drug-likeness (QED) is 0.609. The normalized spacial score (nSPS) is 26.1. The molecule has 0 unspecified atom stereocenters. The zero-order chi connectivity index (χ0) is 7.68. The van der Waals surface area contributed by atoms with Gasteiger partial charge in [-0.15, -0.1) is 0 Å². The van der Waals surface area contributed by atoms with Gasteiger partial charge in [0, 0.05) is 0 Å². The lowest BCUT2D eigenvalue weighted by atomic mass is 10.2. The number of rotatable bonds is 1. The smallest absolute Gasteiger partial charge is 0.211 e. The first-order chi connectivity index (χ1) is 5.38. The van der Waals surface area contributed by atoms with Gasteiger partial charge in [0.15, 0.2) is 0 Å². The molecule has 1 aromatic heterocycles. The van der Waals surface area contributed by atoms with Gasteiger partial charge in [0.2, 0.25) is 5.89 Å². The van der Waals surface area contributed by atoms with E-state index in [1.807, 2.05) is 0 Å². The average molecular weight is 152 g/mol. The summed E-state index contributed by atoms with van der Waals surface area (Å²) in [6.45, 7) is 1.16. The molecule has 0 amide bonds. The van der Waals surface area contributed by atoms with Gasteiger partial charge < -0.3 is 4.42 Å². The Morgan fingerprint density at radius 2 is 2.64 bits per heavy atom. The lowest BCUT2D eigenvalue weighted by molar-refractivity contribution is 0.268. The standard InChI is InChI=1S/C8H12N2O/c1-10-5-2-3-7(10)8-9-4-6-11-8/h4,6-7H,2-3,5H2,1H3/t7-/m0/s1. The molecule has 0 radical (unpaired) electrons. The van der Waals surface area contributed by atoms with E-state index in [0.29, 0.717) is 6.04 Å². The molecule has 0 spiro atoms. The maximum Gasteiger partial charge on any atom is 0.211 e. The van der Waals surface area contributed by atoms with Crippen molar-refractivity contribution in [2.45, 2.75) is 18.9 Å². The van der Waals surface area contributed by atoms with Crippen LogP contribution in [0.3, 0.4) is 0 Å². The van der Waals surface area contributed by atoms with Gasteiger partial charge in [-0.3, -0.25) is 4.90 Å². The second-order valence-electron chi connectivity index (χ2n) is 3.01. The van der Waals surface area contributed by atoms with Crippen LogP contribution in [0, 0.1) is 0 Å². The lowest BCUT2D eigenvalue weighted by Crippen LogP contribution is -2.17. The Kier molecular flexibility index (Phi) is 1.66. The molecule has 3 heteroatoms. The fourth-order valence-corrected chi connectivity index (χ4v) is 1.62. The summed E-state index contributed by atoms with van der Waals surface area (Å²) in [7, 11) is 2.11. The number of hydrogen-bond acceptors (Lipinski definition) is 3. The van der Waals surface area contributed by atoms with Crippen LogP contribution in [0.2, 0.25) is 0 Å². The SMILES string of the molecule is CN1CCC[C@H]1c1ncco1. The Labute approximate surface area is 66.0 Å². The zero-order valence-corrected chi connectivity index (χ0v) is 6.66. The Hall–Kier alpha value is -0.830. The molecular weight excluding hydrogens is 140 g/mol. The largest absolute Gasteiger partial charge is 0.447 e. The van der Waals surface area contributed by atoms with Gasteiger partial charge in [0.05, 0.1) is 12.2 Å². The van der Waals surface area contributed by atoms with Gasteiger partial charge >= 0.3 is 0 Å². The molecule has 0 saturated carbocycles. The van der Waals surface area contributed by atoms with E-state index in [-0.39, 0.29) is 0 Å². The second-order valence-corrected chi connectivity index (χ2v) is 3.01. The molecule has 0 aromatic carbocycles. The fourth-order valence-electron chi connectivity index (χ4n) is 1.62. The van der Waals surface area contributed by atoms with Crippen molar-refractivity contribution < 1.29 is 4.42 Å². The maximum atomic E-state index is 5.24. The summed E-state index contributed by atoms with van der Waals surface area (Å²) in [4.78, 5) is 6.42. The van der Waals surface area contributed by atoms with Crippen molar-refractivity contribution in [2.75, 3.05) is 13.6 Å². The van der Waals surface area contributed by atoms with Crippen LogP contribution in [0.4, 0.5) is 0 Å². The van der Waals surface area contributed by atoms with Crippen LogP contribution in [0.15, 0.2) is 16.9 Å². The molecule has 1 fully saturated rings. The topological polar surface area (TPSA) is 29.3 Å². The predicted octanol–water partition coefficient (Wildman–Crippen LogP) is 1.44. The van der Waals surface area contributed by atoms with Crippen LogP contribution in [-0.2, 0) is 0 Å². The molecule has 0 N–H and O–H groups in total. The van der Waals surface area contributed by atoms with Crippen molar-refractivity contribution in [1.82, 2.24) is 9.88 Å². The van der Waals surface area contributed by atoms with Crippen LogP contribution < -0.4 is 0 Å². The van der Waals surface area contributed by atoms with Gasteiger partial charge in [-0.2, -0.15) is 0 Å². The molecule has 1 saturated heterocycles. The minimum atomic E-state index is 0.421. The van der Waals surface area contributed by atoms with E-state index < -0.39 is 0 Å². The second kappa shape index (κ2) is 2.66. The number of nitrogens with zero attached hydrogens (tertiary/aromatic N) is 2. The van der Waals surface area contributed by atoms with E-state index in [2.05, 4.69) is 16.9 Å². The summed E-state index contributed by atoms with van der Waals surface area (Å²) >= 11 is 0. The van der Waals surface area contributed by atoms with E-state index in [1.165, 1.54) is 12.8 Å².